The van der Waals surface area contributed by atoms with Crippen molar-refractivity contribution in [3.05, 3.63) is 24.3 Å². The van der Waals surface area contributed by atoms with E-state index in [1.165, 1.54) is 0 Å². The van der Waals surface area contributed by atoms with Crippen molar-refractivity contribution < 1.29 is 14.3 Å². The number of rotatable bonds is 3. The topological polar surface area (TPSA) is 88.6 Å². The molecule has 0 saturated carbocycles. The summed E-state index contributed by atoms with van der Waals surface area (Å²) in [5, 5.41) is 8.77. The molecule has 1 fully saturated rings. The largest absolute Gasteiger partial charge is 0.484 e. The number of nitrogens with two attached hydrogens (primary N) is 1. The molecule has 19 heavy (non-hydrogen) atoms. The van der Waals surface area contributed by atoms with Crippen LogP contribution in [0.1, 0.15) is 0 Å². The van der Waals surface area contributed by atoms with Gasteiger partial charge in [-0.25, -0.2) is 0 Å². The maximum absolute atomic E-state index is 11.9. The highest BCUT2D eigenvalue weighted by Crippen LogP contribution is 2.13. The van der Waals surface area contributed by atoms with E-state index in [1.807, 2.05) is 6.07 Å². The van der Waals surface area contributed by atoms with Crippen LogP contribution in [0.3, 0.4) is 0 Å². The Labute approximate surface area is 111 Å². The minimum atomic E-state index is -0.547. The first-order chi connectivity index (χ1) is 9.19. The lowest BCUT2D eigenvalue weighted by Crippen LogP contribution is -2.46. The van der Waals surface area contributed by atoms with Crippen molar-refractivity contribution in [2.75, 3.05) is 32.0 Å². The summed E-state index contributed by atoms with van der Waals surface area (Å²) in [4.78, 5) is 13.5. The Morgan fingerprint density at radius 2 is 2.26 bits per heavy atom. The van der Waals surface area contributed by atoms with E-state index in [2.05, 4.69) is 0 Å². The number of morpholine rings is 1. The third-order valence-electron chi connectivity index (χ3n) is 2.81. The molecule has 0 spiro atoms. The summed E-state index contributed by atoms with van der Waals surface area (Å²) >= 11 is 0. The predicted molar refractivity (Wildman–Crippen MR) is 68.3 cm³/mol. The first-order valence-corrected chi connectivity index (χ1v) is 5.96. The molecule has 0 radical (unpaired) electrons. The Balaban J connectivity index is 1.84. The molecular weight excluding hydrogens is 246 g/mol. The zero-order valence-electron chi connectivity index (χ0n) is 10.4. The van der Waals surface area contributed by atoms with Gasteiger partial charge in [0.2, 0.25) is 0 Å². The lowest BCUT2D eigenvalue weighted by Gasteiger charge is -2.29. The fourth-order valence-electron chi connectivity index (χ4n) is 1.75. The molecule has 1 atom stereocenters. The average Bonchev–Trinajstić information content (AvgIpc) is 2.46. The first-order valence-electron chi connectivity index (χ1n) is 5.96. The monoisotopic (exact) mass is 261 g/mol. The number of amides is 1. The lowest BCUT2D eigenvalue weighted by molar-refractivity contribution is -0.139. The zero-order valence-corrected chi connectivity index (χ0v) is 10.4. The van der Waals surface area contributed by atoms with Gasteiger partial charge in [-0.05, 0) is 24.3 Å². The standard InChI is InChI=1S/C13H15N3O3/c14-7-12-8-16(5-6-18-12)13(17)9-19-11-3-1-10(15)2-4-11/h1-4,12H,5-6,8-9,15H2. The Morgan fingerprint density at radius 3 is 2.95 bits per heavy atom. The van der Waals surface area contributed by atoms with Gasteiger partial charge in [-0.3, -0.25) is 4.79 Å². The number of hydrogen-bond acceptors (Lipinski definition) is 5. The van der Waals surface area contributed by atoms with Gasteiger partial charge in [0.1, 0.15) is 5.75 Å². The maximum atomic E-state index is 11.9. The van der Waals surface area contributed by atoms with E-state index in [1.54, 1.807) is 29.2 Å². The number of benzene rings is 1. The number of nitrogen functional groups attached to an aromatic ring is 1. The number of carbonyl (C=O) groups excluding carboxylic acids is 1. The molecule has 6 nitrogen and oxygen atoms in total. The van der Waals surface area contributed by atoms with Crippen molar-refractivity contribution in [2.45, 2.75) is 6.10 Å². The van der Waals surface area contributed by atoms with Gasteiger partial charge in [-0.15, -0.1) is 0 Å². The van der Waals surface area contributed by atoms with Crippen LogP contribution in [0.5, 0.6) is 5.75 Å². The normalized spacial score (nSPS) is 18.7. The van der Waals surface area contributed by atoms with Crippen molar-refractivity contribution in [3.63, 3.8) is 0 Å². The van der Waals surface area contributed by atoms with Crippen molar-refractivity contribution in [2.24, 2.45) is 0 Å². The summed E-state index contributed by atoms with van der Waals surface area (Å²) in [6.45, 7) is 1.11. The van der Waals surface area contributed by atoms with E-state index in [9.17, 15) is 4.79 Å². The minimum absolute atomic E-state index is 0.0535. The van der Waals surface area contributed by atoms with Crippen LogP contribution >= 0.6 is 0 Å². The number of anilines is 1. The van der Waals surface area contributed by atoms with Gasteiger partial charge < -0.3 is 20.1 Å². The molecule has 0 aromatic heterocycles. The van der Waals surface area contributed by atoms with Crippen LogP contribution in [0, 0.1) is 11.3 Å². The summed E-state index contributed by atoms with van der Waals surface area (Å²) in [6.07, 6.45) is -0.547. The van der Waals surface area contributed by atoms with Gasteiger partial charge in [0, 0.05) is 12.2 Å². The smallest absolute Gasteiger partial charge is 0.260 e. The van der Waals surface area contributed by atoms with E-state index >= 15 is 0 Å². The van der Waals surface area contributed by atoms with E-state index in [0.29, 0.717) is 31.1 Å². The number of carbonyl (C=O) groups is 1. The summed E-state index contributed by atoms with van der Waals surface area (Å²) in [5.74, 6) is 0.438. The van der Waals surface area contributed by atoms with Crippen molar-refractivity contribution in [3.8, 4) is 11.8 Å². The van der Waals surface area contributed by atoms with Gasteiger partial charge in [-0.1, -0.05) is 0 Å². The average molecular weight is 261 g/mol. The van der Waals surface area contributed by atoms with Crippen LogP contribution in [-0.4, -0.2) is 43.2 Å². The Morgan fingerprint density at radius 1 is 1.53 bits per heavy atom. The van der Waals surface area contributed by atoms with Gasteiger partial charge in [0.15, 0.2) is 12.7 Å². The molecule has 6 heteroatoms. The summed E-state index contributed by atoms with van der Waals surface area (Å²) in [6, 6.07) is 8.83. The fourth-order valence-corrected chi connectivity index (χ4v) is 1.75. The maximum Gasteiger partial charge on any atom is 0.260 e. The van der Waals surface area contributed by atoms with Gasteiger partial charge in [-0.2, -0.15) is 5.26 Å². The lowest BCUT2D eigenvalue weighted by atomic mass is 10.3. The molecule has 0 bridgehead atoms. The quantitative estimate of drug-likeness (QED) is 0.795. The highest BCUT2D eigenvalue weighted by molar-refractivity contribution is 5.78. The molecule has 2 rings (SSSR count). The molecule has 0 aliphatic carbocycles. The van der Waals surface area contributed by atoms with Crippen LogP contribution in [0.25, 0.3) is 0 Å². The molecule has 1 saturated heterocycles. The van der Waals surface area contributed by atoms with E-state index in [4.69, 9.17) is 20.5 Å². The van der Waals surface area contributed by atoms with Crippen LogP contribution in [-0.2, 0) is 9.53 Å². The number of hydrogen-bond donors (Lipinski definition) is 1. The summed E-state index contributed by atoms with van der Waals surface area (Å²) in [5.41, 5.74) is 6.20. The van der Waals surface area contributed by atoms with Crippen molar-refractivity contribution in [1.29, 1.82) is 5.26 Å². The Bertz CT molecular complexity index is 481. The highest BCUT2D eigenvalue weighted by Gasteiger charge is 2.23. The molecule has 1 aromatic carbocycles. The molecule has 1 unspecified atom stereocenters. The van der Waals surface area contributed by atoms with Gasteiger partial charge in [0.25, 0.3) is 5.91 Å². The second-order valence-electron chi connectivity index (χ2n) is 4.19. The summed E-state index contributed by atoms with van der Waals surface area (Å²) in [7, 11) is 0. The molecule has 1 amide bonds. The zero-order chi connectivity index (χ0) is 13.7. The molecular formula is C13H15N3O3. The second-order valence-corrected chi connectivity index (χ2v) is 4.19. The molecule has 100 valence electrons. The third kappa shape index (κ3) is 3.60. The molecule has 1 aliphatic heterocycles. The molecule has 1 aromatic rings. The predicted octanol–water partition coefficient (Wildman–Crippen LogP) is 0.399. The Kier molecular flexibility index (Phi) is 4.21. The second kappa shape index (κ2) is 6.07. The number of ether oxygens (including phenoxy) is 2. The summed E-state index contributed by atoms with van der Waals surface area (Å²) < 4.78 is 10.5. The van der Waals surface area contributed by atoms with Crippen molar-refractivity contribution >= 4 is 11.6 Å². The number of nitriles is 1. The van der Waals surface area contributed by atoms with Crippen LogP contribution in [0.2, 0.25) is 0 Å². The van der Waals surface area contributed by atoms with Crippen molar-refractivity contribution in [1.82, 2.24) is 4.90 Å². The molecule has 2 N–H and O–H groups in total. The minimum Gasteiger partial charge on any atom is -0.484 e. The fraction of sp³-hybridized carbons (Fsp3) is 0.385. The van der Waals surface area contributed by atoms with E-state index < -0.39 is 6.10 Å². The third-order valence-corrected chi connectivity index (χ3v) is 2.81. The van der Waals surface area contributed by atoms with Crippen LogP contribution in [0.15, 0.2) is 24.3 Å². The van der Waals surface area contributed by atoms with Gasteiger partial charge in [0.05, 0.1) is 19.2 Å². The molecule has 1 aliphatic rings. The highest BCUT2D eigenvalue weighted by atomic mass is 16.5. The Hall–Kier alpha value is -2.26. The van der Waals surface area contributed by atoms with Crippen LogP contribution < -0.4 is 10.5 Å². The van der Waals surface area contributed by atoms with E-state index in [-0.39, 0.29) is 12.5 Å². The first kappa shape index (κ1) is 13.2. The van der Waals surface area contributed by atoms with Crippen LogP contribution in [0.4, 0.5) is 5.69 Å². The SMILES string of the molecule is N#CC1CN(C(=O)COc2ccc(N)cc2)CCO1. The molecule has 1 heterocycles. The van der Waals surface area contributed by atoms with E-state index in [0.717, 1.165) is 0 Å². The number of nitrogens with zero attached hydrogens (tertiary/aromatic N) is 2. The van der Waals surface area contributed by atoms with Gasteiger partial charge >= 0.3 is 0 Å².